The van der Waals surface area contributed by atoms with Crippen LogP contribution in [0.25, 0.3) is 5.69 Å². The van der Waals surface area contributed by atoms with Crippen LogP contribution in [0.15, 0.2) is 59.8 Å². The van der Waals surface area contributed by atoms with Crippen LogP contribution < -0.4 is 0 Å². The van der Waals surface area contributed by atoms with E-state index in [1.54, 1.807) is 24.0 Å². The maximum atomic E-state index is 12.1. The Morgan fingerprint density at radius 2 is 2.09 bits per heavy atom. The highest BCUT2D eigenvalue weighted by Gasteiger charge is 2.28. The van der Waals surface area contributed by atoms with Crippen LogP contribution in [-0.2, 0) is 4.74 Å². The summed E-state index contributed by atoms with van der Waals surface area (Å²) in [5.41, 5.74) is 1.77. The molecule has 2 aromatic rings. The van der Waals surface area contributed by atoms with E-state index in [1.807, 2.05) is 48.6 Å². The van der Waals surface area contributed by atoms with Crippen molar-refractivity contribution in [2.45, 2.75) is 13.0 Å². The second-order valence-electron chi connectivity index (χ2n) is 4.64. The van der Waals surface area contributed by atoms with Gasteiger partial charge in [0.05, 0.1) is 18.0 Å². The lowest BCUT2D eigenvalue weighted by Crippen LogP contribution is -2.32. The Bertz CT molecular complexity index is 706. The molecule has 2 heterocycles. The molecule has 112 valence electrons. The van der Waals surface area contributed by atoms with Crippen molar-refractivity contribution in [3.63, 3.8) is 0 Å². The number of hydrogen-bond donors (Lipinski definition) is 0. The number of carbonyl (C=O) groups is 1. The number of hydrazone groups is 1. The predicted molar refractivity (Wildman–Crippen MR) is 82.8 cm³/mol. The fraction of sp³-hybridized carbons (Fsp3) is 0.188. The molecule has 1 amide bonds. The van der Waals surface area contributed by atoms with Crippen molar-refractivity contribution < 1.29 is 9.53 Å². The largest absolute Gasteiger partial charge is 0.448 e. The smallest absolute Gasteiger partial charge is 0.431 e. The topological polar surface area (TPSA) is 59.7 Å². The van der Waals surface area contributed by atoms with Gasteiger partial charge in [-0.05, 0) is 31.2 Å². The number of benzene rings is 1. The second kappa shape index (κ2) is 6.26. The summed E-state index contributed by atoms with van der Waals surface area (Å²) in [6.07, 6.45) is 6.49. The van der Waals surface area contributed by atoms with Crippen molar-refractivity contribution in [1.29, 1.82) is 0 Å². The number of amides is 1. The number of aromatic nitrogens is 2. The standard InChI is InChI=1S/C16H16N4O2/c1-2-22-16(21)20-14(9-6-11-17-20)15-10-12-18-19(15)13-7-4-3-5-8-13/h3-12,14H,2H2,1H3. The molecule has 1 aromatic carbocycles. The monoisotopic (exact) mass is 296 g/mol. The van der Waals surface area contributed by atoms with Crippen LogP contribution in [0.2, 0.25) is 0 Å². The molecule has 1 aromatic heterocycles. The zero-order valence-electron chi connectivity index (χ0n) is 12.2. The average Bonchev–Trinajstić information content (AvgIpc) is 3.05. The van der Waals surface area contributed by atoms with E-state index in [0.717, 1.165) is 11.4 Å². The van der Waals surface area contributed by atoms with Crippen molar-refractivity contribution >= 4 is 12.3 Å². The molecule has 0 bridgehead atoms. The van der Waals surface area contributed by atoms with Gasteiger partial charge < -0.3 is 4.74 Å². The minimum atomic E-state index is -0.478. The number of ether oxygens (including phenoxy) is 1. The Balaban J connectivity index is 1.96. The Hall–Kier alpha value is -2.89. The van der Waals surface area contributed by atoms with Crippen molar-refractivity contribution in [2.24, 2.45) is 5.10 Å². The summed E-state index contributed by atoms with van der Waals surface area (Å²) in [6, 6.07) is 11.3. The van der Waals surface area contributed by atoms with E-state index in [4.69, 9.17) is 4.74 Å². The molecule has 0 saturated heterocycles. The van der Waals surface area contributed by atoms with Gasteiger partial charge in [0.2, 0.25) is 0 Å². The van der Waals surface area contributed by atoms with Gasteiger partial charge in [0, 0.05) is 12.4 Å². The van der Waals surface area contributed by atoms with Crippen LogP contribution in [0, 0.1) is 0 Å². The molecular weight excluding hydrogens is 280 g/mol. The molecule has 0 radical (unpaired) electrons. The molecule has 22 heavy (non-hydrogen) atoms. The van der Waals surface area contributed by atoms with Crippen molar-refractivity contribution in [3.8, 4) is 5.69 Å². The Morgan fingerprint density at radius 1 is 1.27 bits per heavy atom. The van der Waals surface area contributed by atoms with Gasteiger partial charge >= 0.3 is 6.09 Å². The first-order valence-corrected chi connectivity index (χ1v) is 7.07. The second-order valence-corrected chi connectivity index (χ2v) is 4.64. The lowest BCUT2D eigenvalue weighted by Gasteiger charge is -2.26. The summed E-state index contributed by atoms with van der Waals surface area (Å²) in [7, 11) is 0. The summed E-state index contributed by atoms with van der Waals surface area (Å²) >= 11 is 0. The van der Waals surface area contributed by atoms with E-state index in [-0.39, 0.29) is 6.04 Å². The molecule has 0 saturated carbocycles. The molecule has 1 atom stereocenters. The lowest BCUT2D eigenvalue weighted by molar-refractivity contribution is 0.0977. The highest BCUT2D eigenvalue weighted by atomic mass is 16.6. The van der Waals surface area contributed by atoms with E-state index in [0.29, 0.717) is 6.61 Å². The number of para-hydroxylation sites is 1. The molecule has 0 spiro atoms. The summed E-state index contributed by atoms with van der Waals surface area (Å²) in [5, 5.41) is 9.80. The fourth-order valence-electron chi connectivity index (χ4n) is 2.32. The molecule has 6 nitrogen and oxygen atoms in total. The van der Waals surface area contributed by atoms with E-state index >= 15 is 0 Å². The normalized spacial score (nSPS) is 16.8. The SMILES string of the molecule is CCOC(=O)N1N=CC=CC1c1ccnn1-c1ccccc1. The average molecular weight is 296 g/mol. The van der Waals surface area contributed by atoms with E-state index in [9.17, 15) is 4.79 Å². The van der Waals surface area contributed by atoms with E-state index in [2.05, 4.69) is 10.2 Å². The van der Waals surface area contributed by atoms with Gasteiger partial charge in [-0.25, -0.2) is 9.48 Å². The zero-order valence-corrected chi connectivity index (χ0v) is 12.2. The van der Waals surface area contributed by atoms with Crippen LogP contribution in [0.3, 0.4) is 0 Å². The first kappa shape index (κ1) is 14.1. The minimum Gasteiger partial charge on any atom is -0.448 e. The minimum absolute atomic E-state index is 0.305. The van der Waals surface area contributed by atoms with Gasteiger partial charge in [-0.15, -0.1) is 0 Å². The van der Waals surface area contributed by atoms with Gasteiger partial charge in [-0.1, -0.05) is 24.3 Å². The third-order valence-corrected chi connectivity index (χ3v) is 3.26. The first-order valence-electron chi connectivity index (χ1n) is 7.07. The van der Waals surface area contributed by atoms with Crippen LogP contribution in [0.5, 0.6) is 0 Å². The van der Waals surface area contributed by atoms with Crippen molar-refractivity contribution in [2.75, 3.05) is 6.61 Å². The quantitative estimate of drug-likeness (QED) is 0.875. The Kier molecular flexibility index (Phi) is 4.00. The molecule has 0 fully saturated rings. The molecule has 6 heteroatoms. The van der Waals surface area contributed by atoms with Crippen LogP contribution >= 0.6 is 0 Å². The van der Waals surface area contributed by atoms with Crippen molar-refractivity contribution in [1.82, 2.24) is 14.8 Å². The molecular formula is C16H16N4O2. The van der Waals surface area contributed by atoms with Crippen LogP contribution in [-0.4, -0.2) is 33.7 Å². The molecule has 1 unspecified atom stereocenters. The summed E-state index contributed by atoms with van der Waals surface area (Å²) in [4.78, 5) is 12.1. The molecule has 0 aliphatic carbocycles. The first-order chi connectivity index (χ1) is 10.8. The number of hydrogen-bond acceptors (Lipinski definition) is 4. The van der Waals surface area contributed by atoms with Gasteiger partial charge in [0.25, 0.3) is 0 Å². The highest BCUT2D eigenvalue weighted by molar-refractivity contribution is 5.77. The third-order valence-electron chi connectivity index (χ3n) is 3.26. The fourth-order valence-corrected chi connectivity index (χ4v) is 2.32. The van der Waals surface area contributed by atoms with E-state index in [1.165, 1.54) is 5.01 Å². The van der Waals surface area contributed by atoms with Crippen LogP contribution in [0.1, 0.15) is 18.7 Å². The van der Waals surface area contributed by atoms with Crippen LogP contribution in [0.4, 0.5) is 4.79 Å². The van der Waals surface area contributed by atoms with E-state index < -0.39 is 6.09 Å². The van der Waals surface area contributed by atoms with Gasteiger partial charge in [-0.3, -0.25) is 0 Å². The number of rotatable bonds is 3. The summed E-state index contributed by atoms with van der Waals surface area (Å²) < 4.78 is 6.86. The number of allylic oxidation sites excluding steroid dienone is 1. The molecule has 0 N–H and O–H groups in total. The predicted octanol–water partition coefficient (Wildman–Crippen LogP) is 2.93. The summed E-state index contributed by atoms with van der Waals surface area (Å²) in [6.45, 7) is 2.07. The lowest BCUT2D eigenvalue weighted by atomic mass is 10.1. The summed E-state index contributed by atoms with van der Waals surface area (Å²) in [5.74, 6) is 0. The molecule has 1 aliphatic rings. The van der Waals surface area contributed by atoms with Gasteiger partial charge in [0.15, 0.2) is 0 Å². The molecule has 1 aliphatic heterocycles. The Morgan fingerprint density at radius 3 is 2.86 bits per heavy atom. The maximum absolute atomic E-state index is 12.1. The maximum Gasteiger partial charge on any atom is 0.431 e. The molecule has 3 rings (SSSR count). The number of carbonyl (C=O) groups excluding carboxylic acids is 1. The van der Waals surface area contributed by atoms with Crippen molar-refractivity contribution in [3.05, 3.63) is 60.4 Å². The Labute approximate surface area is 128 Å². The number of nitrogens with zero attached hydrogens (tertiary/aromatic N) is 4. The van der Waals surface area contributed by atoms with Gasteiger partial charge in [0.1, 0.15) is 6.04 Å². The highest BCUT2D eigenvalue weighted by Crippen LogP contribution is 2.27. The zero-order chi connectivity index (χ0) is 15.4. The third kappa shape index (κ3) is 2.63. The van der Waals surface area contributed by atoms with Gasteiger partial charge in [-0.2, -0.15) is 15.2 Å².